The van der Waals surface area contributed by atoms with Crippen LogP contribution in [0.25, 0.3) is 0 Å². The maximum absolute atomic E-state index is 11.8. The molecule has 0 unspecified atom stereocenters. The molecule has 0 aliphatic rings. The van der Waals surface area contributed by atoms with Crippen LogP contribution in [0.1, 0.15) is 18.9 Å². The summed E-state index contributed by atoms with van der Waals surface area (Å²) in [6.07, 6.45) is 0.718. The molecule has 114 valence electrons. The number of halogens is 1. The van der Waals surface area contributed by atoms with Crippen molar-refractivity contribution in [3.8, 4) is 5.75 Å². The second-order valence-corrected chi connectivity index (χ2v) is 4.94. The first-order valence-electron chi connectivity index (χ1n) is 6.99. The minimum absolute atomic E-state index is 0.140. The molecule has 0 aromatic heterocycles. The van der Waals surface area contributed by atoms with Gasteiger partial charge in [-0.1, -0.05) is 61.0 Å². The molecule has 1 N–H and O–H groups in total. The number of rotatable bonds is 6. The minimum Gasteiger partial charge on any atom is -0.482 e. The maximum atomic E-state index is 11.8. The fourth-order valence-electron chi connectivity index (χ4n) is 1.85. The molecule has 0 aliphatic carbocycles. The van der Waals surface area contributed by atoms with E-state index < -0.39 is 0 Å². The molecule has 0 radical (unpaired) electrons. The number of para-hydroxylation sites is 1. The summed E-state index contributed by atoms with van der Waals surface area (Å²) < 4.78 is 5.36. The number of nitrogens with zero attached hydrogens (tertiary/aromatic N) is 1. The van der Waals surface area contributed by atoms with Crippen LogP contribution in [-0.2, 0) is 4.79 Å². The van der Waals surface area contributed by atoms with Gasteiger partial charge in [0.2, 0.25) is 0 Å². The van der Waals surface area contributed by atoms with E-state index in [0.717, 1.165) is 17.7 Å². The number of hydrogen-bond acceptors (Lipinski definition) is 3. The third-order valence-corrected chi connectivity index (χ3v) is 3.27. The summed E-state index contributed by atoms with van der Waals surface area (Å²) in [6, 6.07) is 16.7. The van der Waals surface area contributed by atoms with Gasteiger partial charge in [-0.3, -0.25) is 4.79 Å². The molecule has 0 heterocycles. The molecule has 0 saturated heterocycles. The largest absolute Gasteiger partial charge is 0.482 e. The van der Waals surface area contributed by atoms with Crippen LogP contribution >= 0.6 is 11.6 Å². The fourth-order valence-corrected chi connectivity index (χ4v) is 2.04. The summed E-state index contributed by atoms with van der Waals surface area (Å²) in [4.78, 5) is 11.8. The van der Waals surface area contributed by atoms with E-state index in [1.54, 1.807) is 24.3 Å². The van der Waals surface area contributed by atoms with Gasteiger partial charge in [0, 0.05) is 0 Å². The molecule has 2 aromatic rings. The maximum Gasteiger partial charge on any atom is 0.277 e. The van der Waals surface area contributed by atoms with E-state index in [4.69, 9.17) is 16.3 Å². The van der Waals surface area contributed by atoms with Gasteiger partial charge in [0.15, 0.2) is 6.61 Å². The molecule has 5 heteroatoms. The Morgan fingerprint density at radius 1 is 1.14 bits per heavy atom. The van der Waals surface area contributed by atoms with Gasteiger partial charge in [0.25, 0.3) is 5.91 Å². The van der Waals surface area contributed by atoms with Crippen molar-refractivity contribution in [1.82, 2.24) is 5.43 Å². The molecule has 0 aliphatic heterocycles. The van der Waals surface area contributed by atoms with E-state index in [9.17, 15) is 4.79 Å². The van der Waals surface area contributed by atoms with E-state index in [0.29, 0.717) is 10.8 Å². The fraction of sp³-hybridized carbons (Fsp3) is 0.176. The van der Waals surface area contributed by atoms with E-state index in [1.165, 1.54) is 0 Å². The van der Waals surface area contributed by atoms with E-state index in [2.05, 4.69) is 10.5 Å². The summed E-state index contributed by atoms with van der Waals surface area (Å²) in [5, 5.41) is 4.62. The highest BCUT2D eigenvalue weighted by molar-refractivity contribution is 6.32. The molecule has 2 aromatic carbocycles. The topological polar surface area (TPSA) is 50.7 Å². The van der Waals surface area contributed by atoms with Crippen LogP contribution in [0.4, 0.5) is 0 Å². The van der Waals surface area contributed by atoms with Gasteiger partial charge in [-0.15, -0.1) is 0 Å². The average Bonchev–Trinajstić information content (AvgIpc) is 2.55. The molecule has 0 fully saturated rings. The van der Waals surface area contributed by atoms with Gasteiger partial charge >= 0.3 is 0 Å². The Bertz CT molecular complexity index is 657. The normalized spacial score (nSPS) is 11.1. The smallest absolute Gasteiger partial charge is 0.277 e. The Morgan fingerprint density at radius 3 is 2.50 bits per heavy atom. The zero-order chi connectivity index (χ0) is 15.8. The first kappa shape index (κ1) is 16.0. The number of carbonyl (C=O) groups is 1. The summed E-state index contributed by atoms with van der Waals surface area (Å²) in [7, 11) is 0. The first-order chi connectivity index (χ1) is 10.7. The number of benzene rings is 2. The lowest BCUT2D eigenvalue weighted by atomic mass is 10.1. The van der Waals surface area contributed by atoms with Crippen LogP contribution < -0.4 is 10.2 Å². The van der Waals surface area contributed by atoms with Crippen LogP contribution in [0.15, 0.2) is 59.7 Å². The predicted molar refractivity (Wildman–Crippen MR) is 88.4 cm³/mol. The van der Waals surface area contributed by atoms with Crippen molar-refractivity contribution in [3.05, 3.63) is 65.2 Å². The van der Waals surface area contributed by atoms with Crippen molar-refractivity contribution in [3.63, 3.8) is 0 Å². The van der Waals surface area contributed by atoms with Gasteiger partial charge < -0.3 is 4.74 Å². The lowest BCUT2D eigenvalue weighted by Crippen LogP contribution is -2.26. The Labute approximate surface area is 134 Å². The molecule has 22 heavy (non-hydrogen) atoms. The predicted octanol–water partition coefficient (Wildman–Crippen LogP) is 3.65. The zero-order valence-corrected chi connectivity index (χ0v) is 13.0. The Kier molecular flexibility index (Phi) is 5.98. The lowest BCUT2D eigenvalue weighted by Gasteiger charge is -2.08. The Balaban J connectivity index is 1.91. The Morgan fingerprint density at radius 2 is 1.82 bits per heavy atom. The number of hydrazone groups is 1. The molecule has 0 bridgehead atoms. The molecule has 4 nitrogen and oxygen atoms in total. The van der Waals surface area contributed by atoms with Crippen LogP contribution in [0.3, 0.4) is 0 Å². The van der Waals surface area contributed by atoms with Gasteiger partial charge in [0.1, 0.15) is 5.75 Å². The number of ether oxygens (including phenoxy) is 1. The minimum atomic E-state index is -0.332. The van der Waals surface area contributed by atoms with Gasteiger partial charge in [-0.25, -0.2) is 5.43 Å². The highest BCUT2D eigenvalue weighted by Gasteiger charge is 2.06. The summed E-state index contributed by atoms with van der Waals surface area (Å²) in [6.45, 7) is 1.84. The van der Waals surface area contributed by atoms with E-state index >= 15 is 0 Å². The second kappa shape index (κ2) is 8.20. The number of amides is 1. The van der Waals surface area contributed by atoms with Crippen molar-refractivity contribution in [2.24, 2.45) is 5.10 Å². The highest BCUT2D eigenvalue weighted by Crippen LogP contribution is 2.22. The third kappa shape index (κ3) is 4.60. The number of carbonyl (C=O) groups excluding carboxylic acids is 1. The molecule has 0 spiro atoms. The van der Waals surface area contributed by atoms with Gasteiger partial charge in [0.05, 0.1) is 10.7 Å². The average molecular weight is 317 g/mol. The van der Waals surface area contributed by atoms with Crippen molar-refractivity contribution < 1.29 is 9.53 Å². The number of hydrogen-bond donors (Lipinski definition) is 1. The monoisotopic (exact) mass is 316 g/mol. The zero-order valence-electron chi connectivity index (χ0n) is 12.3. The van der Waals surface area contributed by atoms with Crippen LogP contribution in [0.5, 0.6) is 5.75 Å². The van der Waals surface area contributed by atoms with E-state index in [1.807, 2.05) is 37.3 Å². The Hall–Kier alpha value is -2.33. The van der Waals surface area contributed by atoms with Crippen LogP contribution in [-0.4, -0.2) is 18.2 Å². The highest BCUT2D eigenvalue weighted by atomic mass is 35.5. The summed E-state index contributed by atoms with van der Waals surface area (Å²) >= 11 is 5.95. The molecule has 0 atom stereocenters. The van der Waals surface area contributed by atoms with Crippen LogP contribution in [0.2, 0.25) is 5.02 Å². The van der Waals surface area contributed by atoms with Crippen molar-refractivity contribution in [1.29, 1.82) is 0 Å². The molecular weight excluding hydrogens is 300 g/mol. The van der Waals surface area contributed by atoms with Crippen LogP contribution in [0, 0.1) is 0 Å². The number of nitrogens with one attached hydrogen (secondary N) is 1. The molecule has 1 amide bonds. The SMILES string of the molecule is CCC(=NNC(=O)COc1ccccc1Cl)c1ccccc1. The third-order valence-electron chi connectivity index (χ3n) is 2.95. The summed E-state index contributed by atoms with van der Waals surface area (Å²) in [5.41, 5.74) is 4.30. The van der Waals surface area contributed by atoms with Gasteiger partial charge in [-0.2, -0.15) is 5.10 Å². The molecular formula is C17H17ClN2O2. The van der Waals surface area contributed by atoms with E-state index in [-0.39, 0.29) is 12.5 Å². The molecule has 0 saturated carbocycles. The lowest BCUT2D eigenvalue weighted by molar-refractivity contribution is -0.123. The second-order valence-electron chi connectivity index (χ2n) is 4.53. The molecule has 2 rings (SSSR count). The van der Waals surface area contributed by atoms with Crippen molar-refractivity contribution in [2.75, 3.05) is 6.61 Å². The summed E-state index contributed by atoms with van der Waals surface area (Å²) in [5.74, 6) is 0.142. The van der Waals surface area contributed by atoms with Crippen molar-refractivity contribution >= 4 is 23.2 Å². The standard InChI is InChI=1S/C17H17ClN2O2/c1-2-15(13-8-4-3-5-9-13)19-20-17(21)12-22-16-11-7-6-10-14(16)18/h3-11H,2,12H2,1H3,(H,20,21). The first-order valence-corrected chi connectivity index (χ1v) is 7.36. The van der Waals surface area contributed by atoms with Crippen molar-refractivity contribution in [2.45, 2.75) is 13.3 Å². The quantitative estimate of drug-likeness (QED) is 0.653. The van der Waals surface area contributed by atoms with Gasteiger partial charge in [-0.05, 0) is 24.1 Å².